The number of nitrogens with one attached hydrogen (secondary N) is 2. The van der Waals surface area contributed by atoms with Crippen LogP contribution in [0.3, 0.4) is 0 Å². The van der Waals surface area contributed by atoms with E-state index in [0.29, 0.717) is 17.1 Å². The first-order valence-electron chi connectivity index (χ1n) is 11.0. The average Bonchev–Trinajstić information content (AvgIpc) is 2.90. The normalized spacial score (nSPS) is 10.3. The molecule has 0 radical (unpaired) electrons. The van der Waals surface area contributed by atoms with Crippen molar-refractivity contribution in [2.24, 2.45) is 0 Å². The third-order valence-corrected chi connectivity index (χ3v) is 6.01. The molecule has 0 aliphatic heterocycles. The highest BCUT2D eigenvalue weighted by atomic mass is 32.2. The minimum absolute atomic E-state index is 0.0634. The van der Waals surface area contributed by atoms with Crippen LogP contribution < -0.4 is 15.4 Å². The van der Waals surface area contributed by atoms with Gasteiger partial charge in [0.05, 0.1) is 16.9 Å². The summed E-state index contributed by atoms with van der Waals surface area (Å²) in [7, 11) is 0. The minimum Gasteiger partial charge on any atom is -0.478 e. The number of thioether (sulfide) groups is 1. The van der Waals surface area contributed by atoms with Gasteiger partial charge in [0, 0.05) is 16.3 Å². The number of hydrogen-bond donors (Lipinski definition) is 3. The second-order valence-corrected chi connectivity index (χ2v) is 8.65. The molecular weight excluding hydrogens is 476 g/mol. The highest BCUT2D eigenvalue weighted by Gasteiger charge is 2.15. The van der Waals surface area contributed by atoms with E-state index in [1.807, 2.05) is 30.3 Å². The maximum atomic E-state index is 12.5. The number of benzene rings is 4. The molecule has 8 heteroatoms. The number of hydrogen-bond acceptors (Lipinski definition) is 5. The fourth-order valence-electron chi connectivity index (χ4n) is 3.28. The first-order chi connectivity index (χ1) is 17.5. The van der Waals surface area contributed by atoms with E-state index in [4.69, 9.17) is 4.74 Å². The van der Waals surface area contributed by atoms with Crippen molar-refractivity contribution in [1.82, 2.24) is 0 Å². The number of carbonyl (C=O) groups excluding carboxylic acids is 2. The molecular formula is C28H22N2O5S. The summed E-state index contributed by atoms with van der Waals surface area (Å²) in [6.45, 7) is 0. The summed E-state index contributed by atoms with van der Waals surface area (Å²) < 4.78 is 5.75. The summed E-state index contributed by atoms with van der Waals surface area (Å²) >= 11 is 1.36. The predicted molar refractivity (Wildman–Crippen MR) is 140 cm³/mol. The van der Waals surface area contributed by atoms with Crippen molar-refractivity contribution in [3.8, 4) is 11.5 Å². The minimum atomic E-state index is -1.16. The zero-order valence-electron chi connectivity index (χ0n) is 19.0. The van der Waals surface area contributed by atoms with Gasteiger partial charge in [-0.15, -0.1) is 11.8 Å². The van der Waals surface area contributed by atoms with Gasteiger partial charge in [0.1, 0.15) is 11.5 Å². The van der Waals surface area contributed by atoms with Gasteiger partial charge in [0.25, 0.3) is 5.91 Å². The van der Waals surface area contributed by atoms with Crippen LogP contribution >= 0.6 is 11.8 Å². The van der Waals surface area contributed by atoms with E-state index < -0.39 is 11.9 Å². The number of carboxylic acid groups (broad SMARTS) is 1. The highest BCUT2D eigenvalue weighted by Crippen LogP contribution is 2.24. The summed E-state index contributed by atoms with van der Waals surface area (Å²) in [4.78, 5) is 37.0. The van der Waals surface area contributed by atoms with E-state index in [1.54, 1.807) is 60.7 Å². The van der Waals surface area contributed by atoms with Gasteiger partial charge in [0.15, 0.2) is 0 Å². The van der Waals surface area contributed by atoms with E-state index in [9.17, 15) is 19.5 Å². The molecule has 0 saturated carbocycles. The van der Waals surface area contributed by atoms with Crippen molar-refractivity contribution >= 4 is 40.9 Å². The molecule has 0 aliphatic carbocycles. The number of amides is 2. The van der Waals surface area contributed by atoms with Crippen molar-refractivity contribution < 1.29 is 24.2 Å². The first-order valence-corrected chi connectivity index (χ1v) is 12.0. The lowest BCUT2D eigenvalue weighted by Crippen LogP contribution is -2.16. The van der Waals surface area contributed by atoms with Crippen LogP contribution in [0.25, 0.3) is 0 Å². The zero-order valence-corrected chi connectivity index (χ0v) is 19.8. The Morgan fingerprint density at radius 3 is 1.89 bits per heavy atom. The molecule has 4 aromatic carbocycles. The van der Waals surface area contributed by atoms with Gasteiger partial charge >= 0.3 is 5.97 Å². The Hall–Kier alpha value is -4.56. The van der Waals surface area contributed by atoms with Crippen LogP contribution in [0, 0.1) is 0 Å². The highest BCUT2D eigenvalue weighted by molar-refractivity contribution is 8.00. The number of anilines is 2. The molecule has 0 unspecified atom stereocenters. The third kappa shape index (κ3) is 6.74. The summed E-state index contributed by atoms with van der Waals surface area (Å²) in [6.07, 6.45) is 0. The molecule has 2 amide bonds. The topological polar surface area (TPSA) is 105 Å². The molecule has 36 heavy (non-hydrogen) atoms. The van der Waals surface area contributed by atoms with Gasteiger partial charge in [-0.2, -0.15) is 0 Å². The first kappa shape index (κ1) is 24.6. The fourth-order valence-corrected chi connectivity index (χ4v) is 3.98. The summed E-state index contributed by atoms with van der Waals surface area (Å²) in [5.74, 6) is -0.205. The van der Waals surface area contributed by atoms with Crippen LogP contribution in [-0.4, -0.2) is 28.6 Å². The van der Waals surface area contributed by atoms with Crippen molar-refractivity contribution in [2.75, 3.05) is 16.4 Å². The van der Waals surface area contributed by atoms with E-state index in [-0.39, 0.29) is 22.8 Å². The smallest absolute Gasteiger partial charge is 0.336 e. The van der Waals surface area contributed by atoms with Gasteiger partial charge < -0.3 is 20.5 Å². The van der Waals surface area contributed by atoms with E-state index in [2.05, 4.69) is 10.6 Å². The SMILES string of the molecule is O=C(CSc1ccc(NC(=O)c2ccccc2C(=O)O)cc1)Nc1ccc(Oc2ccccc2)cc1. The molecule has 4 rings (SSSR count). The van der Waals surface area contributed by atoms with Crippen LogP contribution in [0.4, 0.5) is 11.4 Å². The Morgan fingerprint density at radius 2 is 1.22 bits per heavy atom. The van der Waals surface area contributed by atoms with Gasteiger partial charge in [-0.25, -0.2) is 4.79 Å². The molecule has 0 aromatic heterocycles. The van der Waals surface area contributed by atoms with Crippen LogP contribution in [-0.2, 0) is 4.79 Å². The monoisotopic (exact) mass is 498 g/mol. The molecule has 4 aromatic rings. The quantitative estimate of drug-likeness (QED) is 0.239. The van der Waals surface area contributed by atoms with Crippen molar-refractivity contribution in [2.45, 2.75) is 4.90 Å². The van der Waals surface area contributed by atoms with Crippen LogP contribution in [0.5, 0.6) is 11.5 Å². The summed E-state index contributed by atoms with van der Waals surface area (Å²) in [6, 6.07) is 29.6. The van der Waals surface area contributed by atoms with Crippen LogP contribution in [0.2, 0.25) is 0 Å². The zero-order chi connectivity index (χ0) is 25.3. The van der Waals surface area contributed by atoms with E-state index >= 15 is 0 Å². The van der Waals surface area contributed by atoms with E-state index in [0.717, 1.165) is 10.6 Å². The number of carbonyl (C=O) groups is 3. The Morgan fingerprint density at radius 1 is 0.667 bits per heavy atom. The maximum Gasteiger partial charge on any atom is 0.336 e. The lowest BCUT2D eigenvalue weighted by Gasteiger charge is -2.09. The molecule has 0 aliphatic rings. The third-order valence-electron chi connectivity index (χ3n) is 5.00. The molecule has 0 atom stereocenters. The van der Waals surface area contributed by atoms with Crippen molar-refractivity contribution in [3.05, 3.63) is 114 Å². The van der Waals surface area contributed by atoms with Crippen LogP contribution in [0.1, 0.15) is 20.7 Å². The fraction of sp³-hybridized carbons (Fsp3) is 0.0357. The average molecular weight is 499 g/mol. The summed E-state index contributed by atoms with van der Waals surface area (Å²) in [5.41, 5.74) is 1.21. The van der Waals surface area contributed by atoms with Gasteiger partial charge in [-0.1, -0.05) is 30.3 Å². The second-order valence-electron chi connectivity index (χ2n) is 7.61. The van der Waals surface area contributed by atoms with Crippen molar-refractivity contribution in [3.63, 3.8) is 0 Å². The molecule has 0 saturated heterocycles. The lowest BCUT2D eigenvalue weighted by molar-refractivity contribution is -0.113. The number of para-hydroxylation sites is 1. The largest absolute Gasteiger partial charge is 0.478 e. The number of aromatic carboxylic acids is 1. The molecule has 0 spiro atoms. The summed E-state index contributed by atoms with van der Waals surface area (Å²) in [5, 5.41) is 14.8. The molecule has 0 fully saturated rings. The molecule has 3 N–H and O–H groups in total. The second kappa shape index (κ2) is 11.7. The van der Waals surface area contributed by atoms with Gasteiger partial charge in [-0.3, -0.25) is 9.59 Å². The Labute approximate surface area is 212 Å². The molecule has 180 valence electrons. The number of rotatable bonds is 9. The number of carboxylic acids is 1. The van der Waals surface area contributed by atoms with Gasteiger partial charge in [0.2, 0.25) is 5.91 Å². The van der Waals surface area contributed by atoms with Crippen LogP contribution in [0.15, 0.2) is 108 Å². The van der Waals surface area contributed by atoms with E-state index in [1.165, 1.54) is 23.9 Å². The lowest BCUT2D eigenvalue weighted by atomic mass is 10.1. The Kier molecular flexibility index (Phi) is 8.00. The van der Waals surface area contributed by atoms with Crippen molar-refractivity contribution in [1.29, 1.82) is 0 Å². The standard InChI is InChI=1S/C28H22N2O5S/c31-26(29-19-10-14-22(15-11-19)35-21-6-2-1-3-7-21)18-36-23-16-12-20(13-17-23)30-27(32)24-8-4-5-9-25(24)28(33)34/h1-17H,18H2,(H,29,31)(H,30,32)(H,33,34). The Balaban J connectivity index is 1.26. The number of ether oxygens (including phenoxy) is 1. The predicted octanol–water partition coefficient (Wildman–Crippen LogP) is 6.16. The molecule has 0 heterocycles. The Bertz CT molecular complexity index is 1360. The van der Waals surface area contributed by atoms with Gasteiger partial charge in [-0.05, 0) is 72.8 Å². The molecule has 0 bridgehead atoms. The molecule has 7 nitrogen and oxygen atoms in total. The maximum absolute atomic E-state index is 12.5.